The first-order valence-corrected chi connectivity index (χ1v) is 11.6. The first-order valence-electron chi connectivity index (χ1n) is 11.6. The van der Waals surface area contributed by atoms with Gasteiger partial charge >= 0.3 is 6.09 Å². The maximum Gasteiger partial charge on any atom is 0.410 e. The molecular formula is C25H25F2N5O4. The Kier molecular flexibility index (Phi) is 5.53. The number of fused-ring (bicyclic) bond motifs is 2. The summed E-state index contributed by atoms with van der Waals surface area (Å²) in [6.45, 7) is 7.17. The van der Waals surface area contributed by atoms with Crippen LogP contribution in [0.15, 0.2) is 33.6 Å². The number of alkyl halides is 1. The minimum atomic E-state index is -1.91. The van der Waals surface area contributed by atoms with E-state index in [1.807, 2.05) is 0 Å². The number of carbonyl (C=O) groups excluding carboxylic acids is 1. The Bertz CT molecular complexity index is 1550. The van der Waals surface area contributed by atoms with Gasteiger partial charge in [-0.15, -0.1) is 0 Å². The molecule has 1 amide bonds. The van der Waals surface area contributed by atoms with Crippen LogP contribution in [0.1, 0.15) is 45.3 Å². The average molecular weight is 498 g/mol. The van der Waals surface area contributed by atoms with Crippen LogP contribution >= 0.6 is 0 Å². The zero-order chi connectivity index (χ0) is 25.8. The van der Waals surface area contributed by atoms with Crippen molar-refractivity contribution in [2.24, 2.45) is 0 Å². The fourth-order valence-electron chi connectivity index (χ4n) is 4.27. The highest BCUT2D eigenvalue weighted by Crippen LogP contribution is 2.36. The van der Waals surface area contributed by atoms with Gasteiger partial charge in [0.1, 0.15) is 16.9 Å². The van der Waals surface area contributed by atoms with E-state index in [-0.39, 0.29) is 53.8 Å². The summed E-state index contributed by atoms with van der Waals surface area (Å²) in [6.07, 6.45) is 0.775. The van der Waals surface area contributed by atoms with Crippen LogP contribution in [-0.2, 0) is 10.4 Å². The van der Waals surface area contributed by atoms with Gasteiger partial charge in [0.05, 0.1) is 22.8 Å². The number of benzene rings is 1. The minimum absolute atomic E-state index is 0.0396. The predicted molar refractivity (Wildman–Crippen MR) is 128 cm³/mol. The first-order chi connectivity index (χ1) is 16.9. The van der Waals surface area contributed by atoms with E-state index in [0.29, 0.717) is 17.1 Å². The molecule has 1 saturated heterocycles. The lowest BCUT2D eigenvalue weighted by molar-refractivity contribution is 0.000198. The van der Waals surface area contributed by atoms with E-state index in [1.54, 1.807) is 33.8 Å². The number of aryl methyl sites for hydroxylation is 1. The second-order valence-corrected chi connectivity index (χ2v) is 9.97. The fourth-order valence-corrected chi connectivity index (χ4v) is 4.27. The van der Waals surface area contributed by atoms with Crippen molar-refractivity contribution in [2.45, 2.75) is 51.8 Å². The van der Waals surface area contributed by atoms with Gasteiger partial charge in [-0.2, -0.15) is 0 Å². The summed E-state index contributed by atoms with van der Waals surface area (Å²) in [7, 11) is 0. The molecule has 0 saturated carbocycles. The second-order valence-electron chi connectivity index (χ2n) is 9.97. The molecule has 4 aromatic rings. The summed E-state index contributed by atoms with van der Waals surface area (Å²) in [6, 6.07) is 4.34. The van der Waals surface area contributed by atoms with Crippen molar-refractivity contribution in [3.63, 3.8) is 0 Å². The number of halogens is 2. The van der Waals surface area contributed by atoms with Crippen molar-refractivity contribution in [3.05, 3.63) is 52.3 Å². The van der Waals surface area contributed by atoms with Gasteiger partial charge in [-0.3, -0.25) is 9.78 Å². The molecule has 1 fully saturated rings. The standard InChI is InChI=1S/C25H25F2N5O4/c1-13-29-20-16(26)9-14(10-19(20)35-13)17-11-15-18(12-28-17)30-22(31-21(15)33)25(27)5-7-32(8-6-25)23(34)36-24(2,3)4/h9-12H,5-8H2,1-4H3,(H,30,31,33). The molecule has 1 N–H and O–H groups in total. The fraction of sp³-hybridized carbons (Fsp3) is 0.400. The number of nitrogens with zero attached hydrogens (tertiary/aromatic N) is 4. The monoisotopic (exact) mass is 497 g/mol. The molecule has 3 aromatic heterocycles. The Hall–Kier alpha value is -3.89. The van der Waals surface area contributed by atoms with Gasteiger partial charge in [0.25, 0.3) is 5.56 Å². The molecule has 1 aliphatic rings. The van der Waals surface area contributed by atoms with E-state index in [2.05, 4.69) is 19.9 Å². The van der Waals surface area contributed by atoms with Gasteiger partial charge < -0.3 is 19.0 Å². The van der Waals surface area contributed by atoms with Gasteiger partial charge in [0.15, 0.2) is 23.0 Å². The van der Waals surface area contributed by atoms with E-state index < -0.39 is 28.7 Å². The van der Waals surface area contributed by atoms with Crippen LogP contribution in [-0.4, -0.2) is 49.6 Å². The van der Waals surface area contributed by atoms with Crippen molar-refractivity contribution < 1.29 is 22.7 Å². The van der Waals surface area contributed by atoms with E-state index in [0.717, 1.165) is 0 Å². The lowest BCUT2D eigenvalue weighted by atomic mass is 9.92. The van der Waals surface area contributed by atoms with E-state index in [1.165, 1.54) is 23.2 Å². The number of carbonyl (C=O) groups is 1. The largest absolute Gasteiger partial charge is 0.444 e. The molecule has 9 nitrogen and oxygen atoms in total. The third-order valence-electron chi connectivity index (χ3n) is 6.07. The highest BCUT2D eigenvalue weighted by atomic mass is 19.1. The molecule has 0 atom stereocenters. The lowest BCUT2D eigenvalue weighted by Crippen LogP contribution is -2.46. The van der Waals surface area contributed by atoms with Crippen LogP contribution in [0, 0.1) is 12.7 Å². The van der Waals surface area contributed by atoms with Crippen molar-refractivity contribution in [3.8, 4) is 11.3 Å². The van der Waals surface area contributed by atoms with E-state index in [4.69, 9.17) is 9.15 Å². The number of likely N-dealkylation sites (tertiary alicyclic amines) is 1. The van der Waals surface area contributed by atoms with Crippen molar-refractivity contribution in [1.29, 1.82) is 0 Å². The molecule has 11 heteroatoms. The Labute approximate surface area is 204 Å². The smallest absolute Gasteiger partial charge is 0.410 e. The average Bonchev–Trinajstić information content (AvgIpc) is 3.19. The molecule has 5 rings (SSSR count). The Morgan fingerprint density at radius 3 is 2.61 bits per heavy atom. The Morgan fingerprint density at radius 2 is 1.92 bits per heavy atom. The maximum absolute atomic E-state index is 15.8. The highest BCUT2D eigenvalue weighted by molar-refractivity contribution is 5.84. The van der Waals surface area contributed by atoms with Crippen LogP contribution in [0.2, 0.25) is 0 Å². The van der Waals surface area contributed by atoms with Crippen LogP contribution < -0.4 is 5.56 Å². The normalized spacial score (nSPS) is 16.0. The third-order valence-corrected chi connectivity index (χ3v) is 6.07. The molecule has 0 unspecified atom stereocenters. The number of ether oxygens (including phenoxy) is 1. The number of oxazole rings is 1. The van der Waals surface area contributed by atoms with Gasteiger partial charge in [0.2, 0.25) is 0 Å². The van der Waals surface area contributed by atoms with Crippen molar-refractivity contribution in [1.82, 2.24) is 24.8 Å². The van der Waals surface area contributed by atoms with Crippen LogP contribution in [0.3, 0.4) is 0 Å². The molecular weight excluding hydrogens is 472 g/mol. The summed E-state index contributed by atoms with van der Waals surface area (Å²) >= 11 is 0. The topological polar surface area (TPSA) is 114 Å². The van der Waals surface area contributed by atoms with Gasteiger partial charge in [0, 0.05) is 38.4 Å². The van der Waals surface area contributed by atoms with Gasteiger partial charge in [-0.25, -0.2) is 23.5 Å². The summed E-state index contributed by atoms with van der Waals surface area (Å²) < 4.78 is 41.1. The molecule has 0 bridgehead atoms. The first kappa shape index (κ1) is 23.8. The SMILES string of the molecule is Cc1nc2c(F)cc(-c3cc4c(=O)[nH]c(C5(F)CCN(C(=O)OC(C)(C)C)CC5)nc4cn3)cc2o1. The number of H-pyrrole nitrogens is 1. The Balaban J connectivity index is 1.42. The zero-order valence-corrected chi connectivity index (χ0v) is 20.3. The maximum atomic E-state index is 15.8. The Morgan fingerprint density at radius 1 is 1.19 bits per heavy atom. The number of hydrogen-bond acceptors (Lipinski definition) is 7. The van der Waals surface area contributed by atoms with Gasteiger partial charge in [-0.05, 0) is 39.0 Å². The number of hydrogen-bond donors (Lipinski definition) is 1. The molecule has 36 heavy (non-hydrogen) atoms. The molecule has 0 radical (unpaired) electrons. The summed E-state index contributed by atoms with van der Waals surface area (Å²) in [5, 5.41) is 0.188. The second kappa shape index (κ2) is 8.35. The highest BCUT2D eigenvalue weighted by Gasteiger charge is 2.41. The van der Waals surface area contributed by atoms with E-state index in [9.17, 15) is 14.0 Å². The van der Waals surface area contributed by atoms with Crippen LogP contribution in [0.25, 0.3) is 33.3 Å². The number of rotatable bonds is 2. The van der Waals surface area contributed by atoms with Gasteiger partial charge in [-0.1, -0.05) is 0 Å². The number of amides is 1. The molecule has 0 spiro atoms. The number of piperidine rings is 1. The summed E-state index contributed by atoms with van der Waals surface area (Å²) in [5.41, 5.74) is -1.78. The quantitative estimate of drug-likeness (QED) is 0.424. The molecule has 1 aromatic carbocycles. The molecule has 0 aliphatic carbocycles. The lowest BCUT2D eigenvalue weighted by Gasteiger charge is -2.36. The number of aromatic nitrogens is 4. The summed E-state index contributed by atoms with van der Waals surface area (Å²) in [4.78, 5) is 41.9. The number of aromatic amines is 1. The zero-order valence-electron chi connectivity index (χ0n) is 20.3. The van der Waals surface area contributed by atoms with Crippen molar-refractivity contribution >= 4 is 28.1 Å². The van der Waals surface area contributed by atoms with Crippen LogP contribution in [0.5, 0.6) is 0 Å². The molecule has 188 valence electrons. The summed E-state index contributed by atoms with van der Waals surface area (Å²) in [5.74, 6) is -0.346. The van der Waals surface area contributed by atoms with Crippen molar-refractivity contribution in [2.75, 3.05) is 13.1 Å². The number of nitrogens with one attached hydrogen (secondary N) is 1. The predicted octanol–water partition coefficient (Wildman–Crippen LogP) is 4.77. The molecule has 1 aliphatic heterocycles. The van der Waals surface area contributed by atoms with Crippen LogP contribution in [0.4, 0.5) is 13.6 Å². The molecule has 4 heterocycles. The van der Waals surface area contributed by atoms with E-state index >= 15 is 4.39 Å². The minimum Gasteiger partial charge on any atom is -0.444 e. The number of pyridine rings is 1. The third kappa shape index (κ3) is 4.40.